The molecule has 768 valence electrons. The third-order valence-corrected chi connectivity index (χ3v) is 29.9. The molecular weight excluding hydrogens is 1600 g/mol. The molecule has 15 aliphatic heterocycles. The highest BCUT2D eigenvalue weighted by atomic mass is 32.2. The standard InChI is InChI=1S/C9H19N.5C8H17N.C7H16N2.5C7H15N.C6H14N2.C6H13NO.C6H13NS/c1-9(2)10-7-5-3-4-6-8-10;5*1-8(2)9-6-4-3-5-7-9;1-7(2)9-5-3-4-8-6-9;5*1-7(2)8-5-3-4-6-8;1-6(2)8-4-3-7-5-8;2*1-6(2)7-4-3-5-8-7/h9H,3-8H2,1-2H3;5*8H,3-7H2,1-2H3;7-8H,3-6H2,1-2H3;5*7H,3-6H2,1-2H3;6-7H,3-5H2,1-2H3;2*6H,3-5H2,1-2H3. The summed E-state index contributed by atoms with van der Waals surface area (Å²) >= 11 is 1.98. The number of hydroxylamine groups is 2. The monoisotopic (exact) mass is 1830 g/mol. The number of nitrogens with zero attached hydrogens (tertiary/aromatic N) is 15. The van der Waals surface area contributed by atoms with E-state index in [4.69, 9.17) is 4.84 Å². The van der Waals surface area contributed by atoms with Gasteiger partial charge >= 0.3 is 0 Å². The van der Waals surface area contributed by atoms with Crippen molar-refractivity contribution in [3.05, 3.63) is 0 Å². The molecule has 0 aromatic heterocycles. The molecule has 0 aromatic rings. The summed E-state index contributed by atoms with van der Waals surface area (Å²) in [6.45, 7) is 107. The Balaban J connectivity index is 0.000000686. The second-order valence-electron chi connectivity index (χ2n) is 44.0. The maximum atomic E-state index is 5.25. The smallest absolute Gasteiger partial charge is 0.0698 e. The summed E-state index contributed by atoms with van der Waals surface area (Å²) in [4.78, 5) is 38.1. The van der Waals surface area contributed by atoms with Gasteiger partial charge in [-0.3, -0.25) is 14.6 Å². The molecule has 0 radical (unpaired) electrons. The van der Waals surface area contributed by atoms with E-state index in [0.29, 0.717) is 18.1 Å². The lowest BCUT2D eigenvalue weighted by atomic mass is 10.1. The Kier molecular flexibility index (Phi) is 79.0. The van der Waals surface area contributed by atoms with Crippen molar-refractivity contribution in [2.45, 2.75) is 504 Å². The molecule has 0 bridgehead atoms. The van der Waals surface area contributed by atoms with Crippen LogP contribution in [0.2, 0.25) is 0 Å². The lowest BCUT2D eigenvalue weighted by molar-refractivity contribution is -0.132. The van der Waals surface area contributed by atoms with E-state index in [1.165, 1.54) is 381 Å². The van der Waals surface area contributed by atoms with Gasteiger partial charge in [0.05, 0.1) is 6.61 Å². The van der Waals surface area contributed by atoms with E-state index in [9.17, 15) is 0 Å². The van der Waals surface area contributed by atoms with Crippen molar-refractivity contribution < 1.29 is 4.84 Å². The van der Waals surface area contributed by atoms with E-state index in [0.717, 1.165) is 106 Å². The number of rotatable bonds is 15. The van der Waals surface area contributed by atoms with Gasteiger partial charge in [-0.25, -0.2) is 4.31 Å². The van der Waals surface area contributed by atoms with E-state index in [2.05, 4.69) is 286 Å². The fourth-order valence-corrected chi connectivity index (χ4v) is 20.0. The first-order chi connectivity index (χ1) is 61.1. The molecule has 15 aliphatic rings. The number of likely N-dealkylation sites (tertiary alicyclic amines) is 11. The number of nitrogens with one attached hydrogen (secondary N) is 2. The quantitative estimate of drug-likeness (QED) is 0.153. The van der Waals surface area contributed by atoms with E-state index >= 15 is 0 Å². The Morgan fingerprint density at radius 1 is 0.164 bits per heavy atom. The maximum absolute atomic E-state index is 5.25. The minimum Gasteiger partial charge on any atom is -0.304 e. The topological polar surface area (TPSA) is 81.9 Å². The normalized spacial score (nSPS) is 22.9. The minimum atomic E-state index is 0.553. The molecule has 0 aromatic carbocycles. The van der Waals surface area contributed by atoms with Crippen LogP contribution >= 0.6 is 11.9 Å². The molecule has 128 heavy (non-hydrogen) atoms. The van der Waals surface area contributed by atoms with Crippen LogP contribution in [0.3, 0.4) is 0 Å². The molecule has 0 amide bonds. The fourth-order valence-electron chi connectivity index (χ4n) is 18.9. The summed E-state index contributed by atoms with van der Waals surface area (Å²) in [5, 5.41) is 8.65. The predicted molar refractivity (Wildman–Crippen MR) is 573 cm³/mol. The molecule has 0 unspecified atom stereocenters. The largest absolute Gasteiger partial charge is 0.304 e. The van der Waals surface area contributed by atoms with Gasteiger partial charge in [-0.2, -0.15) is 5.06 Å². The highest BCUT2D eigenvalue weighted by Crippen LogP contribution is 2.23. The molecule has 0 spiro atoms. The van der Waals surface area contributed by atoms with Gasteiger partial charge in [0.2, 0.25) is 0 Å². The first kappa shape index (κ1) is 126. The zero-order valence-electron chi connectivity index (χ0n) is 92.4. The van der Waals surface area contributed by atoms with Gasteiger partial charge in [0.25, 0.3) is 0 Å². The molecule has 15 rings (SSSR count). The summed E-state index contributed by atoms with van der Waals surface area (Å²) in [5.74, 6) is 1.33. The van der Waals surface area contributed by atoms with E-state index in [1.54, 1.807) is 0 Å². The molecule has 2 N–H and O–H groups in total. The first-order valence-electron chi connectivity index (χ1n) is 55.9. The second kappa shape index (κ2) is 80.4. The number of piperidine rings is 5. The van der Waals surface area contributed by atoms with Crippen LogP contribution in [0.1, 0.15) is 413 Å². The third-order valence-electron chi connectivity index (χ3n) is 28.5. The van der Waals surface area contributed by atoms with Crippen LogP contribution < -0.4 is 10.6 Å². The van der Waals surface area contributed by atoms with E-state index in [1.807, 2.05) is 17.0 Å². The van der Waals surface area contributed by atoms with Gasteiger partial charge < -0.3 is 64.5 Å². The highest BCUT2D eigenvalue weighted by Gasteiger charge is 2.23. The molecule has 0 atom stereocenters. The van der Waals surface area contributed by atoms with Crippen LogP contribution in [0, 0.1) is 0 Å². The molecule has 0 saturated carbocycles. The fraction of sp³-hybridized carbons (Fsp3) is 1.00. The lowest BCUT2D eigenvalue weighted by Gasteiger charge is -2.30. The molecule has 15 saturated heterocycles. The third kappa shape index (κ3) is 65.5. The van der Waals surface area contributed by atoms with Gasteiger partial charge in [0.1, 0.15) is 0 Å². The van der Waals surface area contributed by atoms with Crippen molar-refractivity contribution in [1.82, 2.24) is 83.7 Å². The summed E-state index contributed by atoms with van der Waals surface area (Å²) in [6, 6.07) is 11.2. The van der Waals surface area contributed by atoms with Crippen LogP contribution in [0.4, 0.5) is 0 Å². The first-order valence-corrected chi connectivity index (χ1v) is 56.8. The second-order valence-corrected chi connectivity index (χ2v) is 45.1. The van der Waals surface area contributed by atoms with Crippen molar-refractivity contribution in [3.8, 4) is 0 Å². The minimum absolute atomic E-state index is 0.553. The predicted octanol–water partition coefficient (Wildman–Crippen LogP) is 22.8. The van der Waals surface area contributed by atoms with Gasteiger partial charge in [-0.05, 0) is 519 Å². The zero-order chi connectivity index (χ0) is 95.4. The highest BCUT2D eigenvalue weighted by molar-refractivity contribution is 7.97. The average molecular weight is 1830 g/mol. The molecule has 19 heteroatoms. The Hall–Kier alpha value is -0.370. The Labute approximate surface area is 808 Å². The molecule has 15 heterocycles. The lowest BCUT2D eigenvalue weighted by Crippen LogP contribution is -2.44. The molecule has 15 fully saturated rings. The van der Waals surface area contributed by atoms with Crippen molar-refractivity contribution in [3.63, 3.8) is 0 Å². The van der Waals surface area contributed by atoms with Crippen LogP contribution in [-0.2, 0) is 4.84 Å². The van der Waals surface area contributed by atoms with Gasteiger partial charge in [-0.15, -0.1) is 0 Å². The van der Waals surface area contributed by atoms with Crippen LogP contribution in [0.25, 0.3) is 0 Å². The molecular formula is C109H235N17OS. The summed E-state index contributed by atoms with van der Waals surface area (Å²) in [6.07, 6.45) is 45.1. The summed E-state index contributed by atoms with van der Waals surface area (Å²) in [5.41, 5.74) is 0. The van der Waals surface area contributed by atoms with E-state index in [-0.39, 0.29) is 0 Å². The summed E-state index contributed by atoms with van der Waals surface area (Å²) in [7, 11) is 0. The Morgan fingerprint density at radius 2 is 0.352 bits per heavy atom. The van der Waals surface area contributed by atoms with E-state index < -0.39 is 0 Å². The zero-order valence-corrected chi connectivity index (χ0v) is 93.3. The average Bonchev–Trinajstić information content (AvgIpc) is 1.65. The van der Waals surface area contributed by atoms with Crippen molar-refractivity contribution in [2.24, 2.45) is 0 Å². The van der Waals surface area contributed by atoms with Crippen molar-refractivity contribution in [1.29, 1.82) is 0 Å². The number of hydrogen-bond donors (Lipinski definition) is 2. The van der Waals surface area contributed by atoms with Gasteiger partial charge in [0, 0.05) is 142 Å². The van der Waals surface area contributed by atoms with Gasteiger partial charge in [-0.1, -0.05) is 56.9 Å². The number of hydrogen-bond acceptors (Lipinski definition) is 19. The van der Waals surface area contributed by atoms with Crippen LogP contribution in [0.5, 0.6) is 0 Å². The Bertz CT molecular complexity index is 1860. The van der Waals surface area contributed by atoms with Crippen molar-refractivity contribution >= 4 is 11.9 Å². The maximum Gasteiger partial charge on any atom is 0.0698 e. The van der Waals surface area contributed by atoms with Crippen molar-refractivity contribution in [2.75, 3.05) is 209 Å². The SMILES string of the molecule is CC(C)N1CCCC1.CC(C)N1CCCC1.CC(C)N1CCCC1.CC(C)N1CCCC1.CC(C)N1CCCC1.CC(C)N1CCCCC1.CC(C)N1CCCCC1.CC(C)N1CCCCC1.CC(C)N1CCCCC1.CC(C)N1CCCCC1.CC(C)N1CCCCCC1.CC(C)N1CCCNC1.CC(C)N1CCCO1.CC(C)N1CCCS1.CC(C)N1CCNC1. The summed E-state index contributed by atoms with van der Waals surface area (Å²) < 4.78 is 2.44. The van der Waals surface area contributed by atoms with Crippen LogP contribution in [-0.4, -0.2) is 373 Å². The molecule has 0 aliphatic carbocycles. The molecule has 18 nitrogen and oxygen atoms in total. The van der Waals surface area contributed by atoms with Gasteiger partial charge in [0.15, 0.2) is 0 Å². The Morgan fingerprint density at radius 3 is 0.469 bits per heavy atom. The van der Waals surface area contributed by atoms with Crippen LogP contribution in [0.15, 0.2) is 0 Å².